The van der Waals surface area contributed by atoms with Crippen LogP contribution in [0.3, 0.4) is 0 Å². The fourth-order valence-electron chi connectivity index (χ4n) is 4.37. The molecule has 0 bridgehead atoms. The van der Waals surface area contributed by atoms with E-state index < -0.39 is 5.82 Å². The molecule has 0 N–H and O–H groups in total. The quantitative estimate of drug-likeness (QED) is 0.615. The number of rotatable bonds is 5. The van der Waals surface area contributed by atoms with E-state index in [1.807, 2.05) is 4.90 Å². The average Bonchev–Trinajstić information content (AvgIpc) is 3.63. The summed E-state index contributed by atoms with van der Waals surface area (Å²) in [5.41, 5.74) is 1.41. The van der Waals surface area contributed by atoms with Crippen molar-refractivity contribution in [1.29, 1.82) is 5.26 Å². The Morgan fingerprint density at radius 2 is 2.03 bits per heavy atom. The lowest BCUT2D eigenvalue weighted by Crippen LogP contribution is -2.48. The van der Waals surface area contributed by atoms with Gasteiger partial charge < -0.3 is 9.64 Å². The van der Waals surface area contributed by atoms with Gasteiger partial charge in [-0.1, -0.05) is 0 Å². The van der Waals surface area contributed by atoms with Gasteiger partial charge in [-0.15, -0.1) is 0 Å². The molecule has 0 spiro atoms. The summed E-state index contributed by atoms with van der Waals surface area (Å²) in [4.78, 5) is 28.2. The number of likely N-dealkylation sites (tertiary alicyclic amines) is 1. The van der Waals surface area contributed by atoms with E-state index in [-0.39, 0.29) is 24.6 Å². The Hall–Kier alpha value is -3.86. The molecular weight excluding hydrogens is 409 g/mol. The molecule has 3 heterocycles. The van der Waals surface area contributed by atoms with Gasteiger partial charge in [-0.05, 0) is 55.5 Å². The third-order valence-corrected chi connectivity index (χ3v) is 6.05. The van der Waals surface area contributed by atoms with Gasteiger partial charge in [0.15, 0.2) is 5.82 Å². The SMILES string of the molecule is N#Cc1ccc(-c2ncccn2)c(C(=O)N2C(COc3ccc(F)cn3)CCC3CC32)c1. The van der Waals surface area contributed by atoms with Gasteiger partial charge in [-0.3, -0.25) is 4.79 Å². The van der Waals surface area contributed by atoms with Crippen LogP contribution >= 0.6 is 0 Å². The lowest BCUT2D eigenvalue weighted by Gasteiger charge is -2.36. The Kier molecular flexibility index (Phi) is 5.23. The number of benzene rings is 1. The highest BCUT2D eigenvalue weighted by Crippen LogP contribution is 2.46. The molecule has 1 amide bonds. The Morgan fingerprint density at radius 3 is 2.78 bits per heavy atom. The number of carbonyl (C=O) groups excluding carboxylic acids is 1. The van der Waals surface area contributed by atoms with E-state index in [1.54, 1.807) is 36.7 Å². The molecule has 3 aromatic rings. The number of aromatic nitrogens is 3. The predicted octanol–water partition coefficient (Wildman–Crippen LogP) is 3.62. The van der Waals surface area contributed by atoms with E-state index in [9.17, 15) is 14.4 Å². The molecule has 0 radical (unpaired) electrons. The van der Waals surface area contributed by atoms with E-state index in [2.05, 4.69) is 21.0 Å². The lowest BCUT2D eigenvalue weighted by atomic mass is 9.98. The molecule has 2 fully saturated rings. The maximum atomic E-state index is 13.8. The number of hydrogen-bond donors (Lipinski definition) is 0. The maximum absolute atomic E-state index is 13.8. The Balaban J connectivity index is 1.45. The number of fused-ring (bicyclic) bond motifs is 1. The number of hydrogen-bond acceptors (Lipinski definition) is 6. The number of piperidine rings is 1. The Labute approximate surface area is 184 Å². The molecule has 5 rings (SSSR count). The predicted molar refractivity (Wildman–Crippen MR) is 113 cm³/mol. The minimum Gasteiger partial charge on any atom is -0.475 e. The molecule has 32 heavy (non-hydrogen) atoms. The number of nitrogens with zero attached hydrogens (tertiary/aromatic N) is 5. The van der Waals surface area contributed by atoms with Crippen LogP contribution in [0.15, 0.2) is 55.0 Å². The van der Waals surface area contributed by atoms with Gasteiger partial charge in [0.2, 0.25) is 5.88 Å². The lowest BCUT2D eigenvalue weighted by molar-refractivity contribution is 0.0495. The van der Waals surface area contributed by atoms with E-state index in [1.165, 1.54) is 12.1 Å². The molecule has 2 aliphatic rings. The fraction of sp³-hybridized carbons (Fsp3) is 0.292. The normalized spacial score (nSPS) is 21.4. The first-order chi connectivity index (χ1) is 15.6. The summed E-state index contributed by atoms with van der Waals surface area (Å²) in [7, 11) is 0. The molecule has 160 valence electrons. The highest BCUT2D eigenvalue weighted by molar-refractivity contribution is 6.01. The van der Waals surface area contributed by atoms with Crippen molar-refractivity contribution in [2.75, 3.05) is 6.61 Å². The van der Waals surface area contributed by atoms with Crippen LogP contribution in [0.25, 0.3) is 11.4 Å². The monoisotopic (exact) mass is 429 g/mol. The molecule has 1 saturated heterocycles. The number of nitriles is 1. The molecule has 7 nitrogen and oxygen atoms in total. The van der Waals surface area contributed by atoms with Crippen LogP contribution in [0.2, 0.25) is 0 Å². The van der Waals surface area contributed by atoms with Crippen LogP contribution < -0.4 is 4.74 Å². The number of halogens is 1. The second-order valence-corrected chi connectivity index (χ2v) is 8.08. The van der Waals surface area contributed by atoms with Gasteiger partial charge in [0.05, 0.1) is 29.4 Å². The van der Waals surface area contributed by atoms with Crippen molar-refractivity contribution in [3.8, 4) is 23.3 Å². The summed E-state index contributed by atoms with van der Waals surface area (Å²) < 4.78 is 18.9. The van der Waals surface area contributed by atoms with Crippen LogP contribution in [0.5, 0.6) is 5.88 Å². The van der Waals surface area contributed by atoms with Crippen LogP contribution in [-0.2, 0) is 0 Å². The van der Waals surface area contributed by atoms with E-state index in [0.29, 0.717) is 34.3 Å². The van der Waals surface area contributed by atoms with Crippen molar-refractivity contribution in [2.45, 2.75) is 31.3 Å². The number of ether oxygens (including phenoxy) is 1. The second kappa shape index (κ2) is 8.35. The molecule has 3 unspecified atom stereocenters. The van der Waals surface area contributed by atoms with E-state index in [4.69, 9.17) is 4.74 Å². The highest BCUT2D eigenvalue weighted by atomic mass is 19.1. The molecule has 1 aliphatic carbocycles. The third-order valence-electron chi connectivity index (χ3n) is 6.05. The maximum Gasteiger partial charge on any atom is 0.255 e. The third kappa shape index (κ3) is 3.89. The molecule has 2 aromatic heterocycles. The minimum atomic E-state index is -0.430. The standard InChI is InChI=1S/C24H20FN5O2/c25-17-4-7-22(29-13-17)32-14-18-5-3-16-11-21(16)30(18)24(31)20-10-15(12-26)2-6-19(20)23-27-8-1-9-28-23/h1-2,4,6-10,13,16,18,21H,3,5,11,14H2. The Bertz CT molecular complexity index is 1180. The highest BCUT2D eigenvalue weighted by Gasteiger charge is 2.50. The van der Waals surface area contributed by atoms with Gasteiger partial charge in [0.1, 0.15) is 12.4 Å². The molecule has 1 saturated carbocycles. The van der Waals surface area contributed by atoms with Crippen molar-refractivity contribution >= 4 is 5.91 Å². The molecular formula is C24H20FN5O2. The first-order valence-corrected chi connectivity index (χ1v) is 10.5. The first-order valence-electron chi connectivity index (χ1n) is 10.5. The van der Waals surface area contributed by atoms with Crippen LogP contribution in [0, 0.1) is 23.1 Å². The summed E-state index contributed by atoms with van der Waals surface area (Å²) >= 11 is 0. The zero-order valence-electron chi connectivity index (χ0n) is 17.2. The fourth-order valence-corrected chi connectivity index (χ4v) is 4.37. The van der Waals surface area contributed by atoms with E-state index >= 15 is 0 Å². The number of carbonyl (C=O) groups is 1. The van der Waals surface area contributed by atoms with Gasteiger partial charge in [-0.2, -0.15) is 5.26 Å². The van der Waals surface area contributed by atoms with Crippen molar-refractivity contribution < 1.29 is 13.9 Å². The Morgan fingerprint density at radius 1 is 1.19 bits per heavy atom. The van der Waals surface area contributed by atoms with Crippen LogP contribution in [0.4, 0.5) is 4.39 Å². The number of pyridine rings is 1. The van der Waals surface area contributed by atoms with E-state index in [0.717, 1.165) is 25.5 Å². The van der Waals surface area contributed by atoms with Crippen molar-refractivity contribution in [2.24, 2.45) is 5.92 Å². The van der Waals surface area contributed by atoms with Gasteiger partial charge in [0, 0.05) is 30.1 Å². The van der Waals surface area contributed by atoms with Crippen molar-refractivity contribution in [3.05, 3.63) is 71.9 Å². The van der Waals surface area contributed by atoms with Gasteiger partial charge in [0.25, 0.3) is 5.91 Å². The van der Waals surface area contributed by atoms with Crippen LogP contribution in [-0.4, -0.2) is 44.4 Å². The second-order valence-electron chi connectivity index (χ2n) is 8.08. The average molecular weight is 429 g/mol. The van der Waals surface area contributed by atoms with Crippen LogP contribution in [0.1, 0.15) is 35.2 Å². The molecule has 3 atom stereocenters. The van der Waals surface area contributed by atoms with Crippen molar-refractivity contribution in [1.82, 2.24) is 19.9 Å². The van der Waals surface area contributed by atoms with Gasteiger partial charge >= 0.3 is 0 Å². The number of amides is 1. The summed E-state index contributed by atoms with van der Waals surface area (Å²) in [6.45, 7) is 0.267. The van der Waals surface area contributed by atoms with Gasteiger partial charge in [-0.25, -0.2) is 19.3 Å². The summed E-state index contributed by atoms with van der Waals surface area (Å²) in [5, 5.41) is 9.40. The zero-order valence-corrected chi connectivity index (χ0v) is 17.2. The summed E-state index contributed by atoms with van der Waals surface area (Å²) in [5.74, 6) is 0.669. The summed E-state index contributed by atoms with van der Waals surface area (Å²) in [6, 6.07) is 11.6. The molecule has 8 heteroatoms. The summed E-state index contributed by atoms with van der Waals surface area (Å²) in [6.07, 6.45) is 7.16. The first kappa shape index (κ1) is 20.1. The zero-order chi connectivity index (χ0) is 22.1. The minimum absolute atomic E-state index is 0.145. The molecule has 1 aromatic carbocycles. The largest absolute Gasteiger partial charge is 0.475 e. The molecule has 1 aliphatic heterocycles. The van der Waals surface area contributed by atoms with Crippen molar-refractivity contribution in [3.63, 3.8) is 0 Å². The smallest absolute Gasteiger partial charge is 0.255 e. The topological polar surface area (TPSA) is 92.0 Å².